The van der Waals surface area contributed by atoms with Crippen molar-refractivity contribution in [3.05, 3.63) is 35.1 Å². The third-order valence-electron chi connectivity index (χ3n) is 4.76. The van der Waals surface area contributed by atoms with Crippen LogP contribution in [0.2, 0.25) is 0 Å². The molecule has 0 saturated carbocycles. The van der Waals surface area contributed by atoms with E-state index in [0.717, 1.165) is 42.2 Å². The van der Waals surface area contributed by atoms with E-state index in [-0.39, 0.29) is 6.04 Å². The molecular formula is C16H20N6O2. The molecule has 0 radical (unpaired) electrons. The van der Waals surface area contributed by atoms with Crippen LogP contribution in [0.25, 0.3) is 11.6 Å². The van der Waals surface area contributed by atoms with Gasteiger partial charge in [-0.05, 0) is 45.4 Å². The molecule has 4 heterocycles. The summed E-state index contributed by atoms with van der Waals surface area (Å²) >= 11 is 0. The Kier molecular flexibility index (Phi) is 3.68. The average molecular weight is 328 g/mol. The molecule has 4 rings (SSSR count). The Morgan fingerprint density at radius 3 is 2.79 bits per heavy atom. The van der Waals surface area contributed by atoms with Crippen LogP contribution >= 0.6 is 0 Å². The second-order valence-corrected chi connectivity index (χ2v) is 6.28. The highest BCUT2D eigenvalue weighted by Crippen LogP contribution is 2.33. The van der Waals surface area contributed by atoms with Gasteiger partial charge in [-0.3, -0.25) is 4.90 Å². The van der Waals surface area contributed by atoms with Gasteiger partial charge in [-0.2, -0.15) is 0 Å². The average Bonchev–Trinajstić information content (AvgIpc) is 3.32. The summed E-state index contributed by atoms with van der Waals surface area (Å²) in [7, 11) is 1.99. The third-order valence-corrected chi connectivity index (χ3v) is 4.76. The van der Waals surface area contributed by atoms with Gasteiger partial charge in [0, 0.05) is 12.7 Å². The van der Waals surface area contributed by atoms with Gasteiger partial charge in [-0.1, -0.05) is 10.3 Å². The zero-order chi connectivity index (χ0) is 16.7. The summed E-state index contributed by atoms with van der Waals surface area (Å²) in [5.41, 5.74) is 3.84. The summed E-state index contributed by atoms with van der Waals surface area (Å²) in [6.45, 7) is 5.54. The topological polar surface area (TPSA) is 86.0 Å². The predicted molar refractivity (Wildman–Crippen MR) is 84.9 cm³/mol. The van der Waals surface area contributed by atoms with Crippen molar-refractivity contribution < 1.29 is 9.05 Å². The van der Waals surface area contributed by atoms with Crippen molar-refractivity contribution in [3.8, 4) is 11.6 Å². The molecular weight excluding hydrogens is 308 g/mol. The monoisotopic (exact) mass is 328 g/mol. The van der Waals surface area contributed by atoms with Crippen LogP contribution in [0.5, 0.6) is 0 Å². The minimum absolute atomic E-state index is 0.198. The van der Waals surface area contributed by atoms with Crippen molar-refractivity contribution in [1.82, 2.24) is 30.0 Å². The first-order valence-corrected chi connectivity index (χ1v) is 8.11. The van der Waals surface area contributed by atoms with E-state index in [4.69, 9.17) is 9.05 Å². The minimum atomic E-state index is 0.198. The van der Waals surface area contributed by atoms with Gasteiger partial charge in [-0.15, -0.1) is 10.2 Å². The zero-order valence-electron chi connectivity index (χ0n) is 14.1. The summed E-state index contributed by atoms with van der Waals surface area (Å²) in [5.74, 6) is 1.17. The summed E-state index contributed by atoms with van der Waals surface area (Å²) in [5, 5.41) is 16.4. The molecule has 0 bridgehead atoms. The van der Waals surface area contributed by atoms with Gasteiger partial charge in [0.25, 0.3) is 5.89 Å². The quantitative estimate of drug-likeness (QED) is 0.727. The lowest BCUT2D eigenvalue weighted by molar-refractivity contribution is 0.212. The lowest BCUT2D eigenvalue weighted by Gasteiger charge is -2.20. The van der Waals surface area contributed by atoms with Crippen molar-refractivity contribution in [1.29, 1.82) is 0 Å². The van der Waals surface area contributed by atoms with Gasteiger partial charge >= 0.3 is 0 Å². The minimum Gasteiger partial charge on any atom is -0.418 e. The van der Waals surface area contributed by atoms with E-state index in [9.17, 15) is 0 Å². The van der Waals surface area contributed by atoms with Crippen LogP contribution in [-0.2, 0) is 13.6 Å². The Hall–Kier alpha value is -2.48. The maximum atomic E-state index is 5.88. The van der Waals surface area contributed by atoms with Gasteiger partial charge < -0.3 is 8.98 Å². The summed E-state index contributed by atoms with van der Waals surface area (Å²) in [6, 6.07) is 4.23. The molecule has 8 nitrogen and oxygen atoms in total. The SMILES string of the molecule is Cc1nonc1C1CCCN1Cc1nnc(-c2ccc(C)n2C)o1. The highest BCUT2D eigenvalue weighted by Gasteiger charge is 2.31. The van der Waals surface area contributed by atoms with E-state index in [1.165, 1.54) is 0 Å². The Balaban J connectivity index is 1.53. The molecule has 1 atom stereocenters. The molecule has 0 N–H and O–H groups in total. The largest absolute Gasteiger partial charge is 0.418 e. The van der Waals surface area contributed by atoms with Crippen LogP contribution in [0.4, 0.5) is 0 Å². The molecule has 126 valence electrons. The molecule has 0 spiro atoms. The third kappa shape index (κ3) is 2.52. The van der Waals surface area contributed by atoms with Gasteiger partial charge in [0.05, 0.1) is 12.6 Å². The predicted octanol–water partition coefficient (Wildman–Crippen LogP) is 2.41. The zero-order valence-corrected chi connectivity index (χ0v) is 14.1. The van der Waals surface area contributed by atoms with Gasteiger partial charge in [0.2, 0.25) is 5.89 Å². The maximum absolute atomic E-state index is 5.88. The van der Waals surface area contributed by atoms with E-state index in [2.05, 4.69) is 25.4 Å². The van der Waals surface area contributed by atoms with E-state index in [0.29, 0.717) is 18.3 Å². The normalized spacial score (nSPS) is 18.5. The van der Waals surface area contributed by atoms with Gasteiger partial charge in [0.1, 0.15) is 17.1 Å². The first-order chi connectivity index (χ1) is 11.6. The van der Waals surface area contributed by atoms with Crippen molar-refractivity contribution in [3.63, 3.8) is 0 Å². The smallest absolute Gasteiger partial charge is 0.264 e. The molecule has 0 aromatic carbocycles. The molecule has 1 aliphatic rings. The van der Waals surface area contributed by atoms with Gasteiger partial charge in [-0.25, -0.2) is 4.63 Å². The molecule has 3 aromatic rings. The van der Waals surface area contributed by atoms with E-state index in [1.807, 2.05) is 37.6 Å². The molecule has 8 heteroatoms. The van der Waals surface area contributed by atoms with Crippen molar-refractivity contribution >= 4 is 0 Å². The van der Waals surface area contributed by atoms with E-state index in [1.54, 1.807) is 0 Å². The Bertz CT molecular complexity index is 849. The molecule has 1 unspecified atom stereocenters. The number of likely N-dealkylation sites (tertiary alicyclic amines) is 1. The second-order valence-electron chi connectivity index (χ2n) is 6.28. The summed E-state index contributed by atoms with van der Waals surface area (Å²) in [6.07, 6.45) is 2.14. The summed E-state index contributed by atoms with van der Waals surface area (Å²) in [4.78, 5) is 2.29. The second kappa shape index (κ2) is 5.86. The lowest BCUT2D eigenvalue weighted by atomic mass is 10.1. The highest BCUT2D eigenvalue weighted by molar-refractivity contribution is 5.48. The molecule has 0 aliphatic carbocycles. The first kappa shape index (κ1) is 15.1. The maximum Gasteiger partial charge on any atom is 0.264 e. The van der Waals surface area contributed by atoms with Crippen molar-refractivity contribution in [2.24, 2.45) is 7.05 Å². The summed E-state index contributed by atoms with van der Waals surface area (Å²) < 4.78 is 12.8. The number of nitrogens with zero attached hydrogens (tertiary/aromatic N) is 6. The fourth-order valence-electron chi connectivity index (χ4n) is 3.29. The van der Waals surface area contributed by atoms with Crippen molar-refractivity contribution in [2.75, 3.05) is 6.54 Å². The van der Waals surface area contributed by atoms with Crippen LogP contribution in [0, 0.1) is 13.8 Å². The van der Waals surface area contributed by atoms with Crippen LogP contribution in [0.3, 0.4) is 0 Å². The van der Waals surface area contributed by atoms with Gasteiger partial charge in [0.15, 0.2) is 0 Å². The highest BCUT2D eigenvalue weighted by atomic mass is 16.6. The van der Waals surface area contributed by atoms with Crippen LogP contribution in [0.15, 0.2) is 21.2 Å². The Labute approximate surface area is 139 Å². The lowest BCUT2D eigenvalue weighted by Crippen LogP contribution is -2.23. The van der Waals surface area contributed by atoms with Crippen molar-refractivity contribution in [2.45, 2.75) is 39.3 Å². The molecule has 1 saturated heterocycles. The van der Waals surface area contributed by atoms with Crippen LogP contribution < -0.4 is 0 Å². The molecule has 1 fully saturated rings. The number of aryl methyl sites for hydroxylation is 2. The Morgan fingerprint density at radius 1 is 1.21 bits per heavy atom. The first-order valence-electron chi connectivity index (χ1n) is 8.11. The van der Waals surface area contributed by atoms with E-state index < -0.39 is 0 Å². The molecule has 3 aromatic heterocycles. The van der Waals surface area contributed by atoms with E-state index >= 15 is 0 Å². The number of hydrogen-bond acceptors (Lipinski definition) is 7. The number of aromatic nitrogens is 5. The van der Waals surface area contributed by atoms with Crippen LogP contribution in [0.1, 0.15) is 41.9 Å². The fraction of sp³-hybridized carbons (Fsp3) is 0.500. The molecule has 0 amide bonds. The Morgan fingerprint density at radius 2 is 2.08 bits per heavy atom. The fourth-order valence-corrected chi connectivity index (χ4v) is 3.29. The number of hydrogen-bond donors (Lipinski definition) is 0. The van der Waals surface area contributed by atoms with Crippen LogP contribution in [-0.4, -0.2) is 36.5 Å². The number of rotatable bonds is 4. The molecule has 24 heavy (non-hydrogen) atoms. The standard InChI is InChI=1S/C16H20N6O2/c1-10-6-7-13(21(10)3)16-18-17-14(23-16)9-22-8-4-5-12(22)15-11(2)19-24-20-15/h6-7,12H,4-5,8-9H2,1-3H3. The molecule has 1 aliphatic heterocycles.